The highest BCUT2D eigenvalue weighted by Crippen LogP contribution is 2.19. The highest BCUT2D eigenvalue weighted by atomic mass is 16.5. The van der Waals surface area contributed by atoms with Crippen molar-refractivity contribution >= 4 is 5.91 Å². The molecule has 1 unspecified atom stereocenters. The molecular weight excluding hydrogens is 192 g/mol. The van der Waals surface area contributed by atoms with Crippen LogP contribution in [0.2, 0.25) is 0 Å². The summed E-state index contributed by atoms with van der Waals surface area (Å²) in [5.41, 5.74) is 0. The van der Waals surface area contributed by atoms with Crippen LogP contribution in [0.1, 0.15) is 12.8 Å². The molecule has 4 heteroatoms. The molecule has 0 aromatic carbocycles. The van der Waals surface area contributed by atoms with Crippen LogP contribution in [-0.4, -0.2) is 62.1 Å². The minimum atomic E-state index is 0.318. The molecule has 0 aromatic heterocycles. The molecule has 4 nitrogen and oxygen atoms in total. The van der Waals surface area contributed by atoms with Gasteiger partial charge in [0.15, 0.2) is 0 Å². The fourth-order valence-electron chi connectivity index (χ4n) is 2.38. The van der Waals surface area contributed by atoms with Gasteiger partial charge in [-0.25, -0.2) is 0 Å². The monoisotopic (exact) mass is 212 g/mol. The minimum Gasteiger partial charge on any atom is -0.378 e. The second-order valence-electron chi connectivity index (χ2n) is 4.61. The average molecular weight is 212 g/mol. The standard InChI is InChI=1S/C11H20N2O2/c1-12-3-2-10(9-12)8-11(14)13-4-6-15-7-5-13/h10H,2-9H2,1H3. The summed E-state index contributed by atoms with van der Waals surface area (Å²) in [7, 11) is 2.12. The van der Waals surface area contributed by atoms with Crippen molar-refractivity contribution in [2.24, 2.45) is 5.92 Å². The largest absolute Gasteiger partial charge is 0.378 e. The molecule has 0 N–H and O–H groups in total. The lowest BCUT2D eigenvalue weighted by Gasteiger charge is -2.27. The predicted octanol–water partition coefficient (Wildman–Crippen LogP) is 0.187. The van der Waals surface area contributed by atoms with Gasteiger partial charge in [0.05, 0.1) is 13.2 Å². The zero-order chi connectivity index (χ0) is 10.7. The summed E-state index contributed by atoms with van der Waals surface area (Å²) in [5, 5.41) is 0. The van der Waals surface area contributed by atoms with E-state index < -0.39 is 0 Å². The van der Waals surface area contributed by atoms with E-state index in [0.717, 1.165) is 32.6 Å². The molecule has 2 saturated heterocycles. The zero-order valence-electron chi connectivity index (χ0n) is 9.45. The van der Waals surface area contributed by atoms with Crippen molar-refractivity contribution < 1.29 is 9.53 Å². The number of morpholine rings is 1. The van der Waals surface area contributed by atoms with Crippen LogP contribution in [0.25, 0.3) is 0 Å². The highest BCUT2D eigenvalue weighted by Gasteiger charge is 2.25. The number of likely N-dealkylation sites (tertiary alicyclic amines) is 1. The molecule has 1 amide bonds. The van der Waals surface area contributed by atoms with Crippen molar-refractivity contribution in [1.29, 1.82) is 0 Å². The van der Waals surface area contributed by atoms with Crippen molar-refractivity contribution in [2.75, 3.05) is 46.4 Å². The van der Waals surface area contributed by atoms with Crippen LogP contribution in [0.4, 0.5) is 0 Å². The van der Waals surface area contributed by atoms with Gasteiger partial charge in [-0.2, -0.15) is 0 Å². The molecule has 2 aliphatic heterocycles. The van der Waals surface area contributed by atoms with Crippen molar-refractivity contribution in [3.8, 4) is 0 Å². The normalized spacial score (nSPS) is 28.3. The summed E-state index contributed by atoms with van der Waals surface area (Å²) in [6, 6.07) is 0. The molecule has 0 radical (unpaired) electrons. The number of carbonyl (C=O) groups excluding carboxylic acids is 1. The fourth-order valence-corrected chi connectivity index (χ4v) is 2.38. The molecule has 2 fully saturated rings. The van der Waals surface area contributed by atoms with Crippen LogP contribution < -0.4 is 0 Å². The Labute approximate surface area is 91.2 Å². The molecule has 15 heavy (non-hydrogen) atoms. The third kappa shape index (κ3) is 2.92. The van der Waals surface area contributed by atoms with Gasteiger partial charge in [0.2, 0.25) is 5.91 Å². The summed E-state index contributed by atoms with van der Waals surface area (Å²) < 4.78 is 5.23. The van der Waals surface area contributed by atoms with Gasteiger partial charge in [0.25, 0.3) is 0 Å². The third-order valence-electron chi connectivity index (χ3n) is 3.32. The summed E-state index contributed by atoms with van der Waals surface area (Å²) in [6.45, 7) is 5.19. The molecule has 86 valence electrons. The smallest absolute Gasteiger partial charge is 0.223 e. The Morgan fingerprint density at radius 1 is 1.33 bits per heavy atom. The van der Waals surface area contributed by atoms with E-state index in [9.17, 15) is 4.79 Å². The Hall–Kier alpha value is -0.610. The van der Waals surface area contributed by atoms with E-state index in [0.29, 0.717) is 25.0 Å². The molecular formula is C11H20N2O2. The van der Waals surface area contributed by atoms with E-state index in [-0.39, 0.29) is 0 Å². The first kappa shape index (κ1) is 10.9. The van der Waals surface area contributed by atoms with Gasteiger partial charge in [0.1, 0.15) is 0 Å². The van der Waals surface area contributed by atoms with Gasteiger partial charge < -0.3 is 14.5 Å². The first-order valence-corrected chi connectivity index (χ1v) is 5.80. The lowest BCUT2D eigenvalue weighted by Crippen LogP contribution is -2.41. The van der Waals surface area contributed by atoms with E-state index in [4.69, 9.17) is 4.74 Å². The van der Waals surface area contributed by atoms with Crippen molar-refractivity contribution in [3.05, 3.63) is 0 Å². The quantitative estimate of drug-likeness (QED) is 0.655. The van der Waals surface area contributed by atoms with Crippen LogP contribution in [0.5, 0.6) is 0 Å². The fraction of sp³-hybridized carbons (Fsp3) is 0.909. The lowest BCUT2D eigenvalue weighted by molar-refractivity contribution is -0.136. The van der Waals surface area contributed by atoms with Gasteiger partial charge >= 0.3 is 0 Å². The minimum absolute atomic E-state index is 0.318. The molecule has 1 atom stereocenters. The van der Waals surface area contributed by atoms with E-state index in [1.807, 2.05) is 4.90 Å². The predicted molar refractivity (Wildman–Crippen MR) is 57.6 cm³/mol. The second kappa shape index (κ2) is 4.94. The molecule has 0 aromatic rings. The molecule has 0 bridgehead atoms. The molecule has 0 saturated carbocycles. The van der Waals surface area contributed by atoms with Crippen LogP contribution in [0.3, 0.4) is 0 Å². The van der Waals surface area contributed by atoms with Crippen LogP contribution >= 0.6 is 0 Å². The average Bonchev–Trinajstić information content (AvgIpc) is 2.65. The Kier molecular flexibility index (Phi) is 3.59. The van der Waals surface area contributed by atoms with E-state index >= 15 is 0 Å². The molecule has 2 heterocycles. The molecule has 0 spiro atoms. The Bertz CT molecular complexity index is 227. The SMILES string of the molecule is CN1CCC(CC(=O)N2CCOCC2)C1. The first-order valence-electron chi connectivity index (χ1n) is 5.80. The first-order chi connectivity index (χ1) is 7.25. The number of rotatable bonds is 2. The third-order valence-corrected chi connectivity index (χ3v) is 3.32. The van der Waals surface area contributed by atoms with Crippen LogP contribution in [0.15, 0.2) is 0 Å². The maximum atomic E-state index is 11.9. The highest BCUT2D eigenvalue weighted by molar-refractivity contribution is 5.76. The number of ether oxygens (including phenoxy) is 1. The summed E-state index contributed by atoms with van der Waals surface area (Å²) >= 11 is 0. The Morgan fingerprint density at radius 3 is 2.67 bits per heavy atom. The summed E-state index contributed by atoms with van der Waals surface area (Å²) in [4.78, 5) is 16.2. The van der Waals surface area contributed by atoms with Crippen molar-refractivity contribution in [2.45, 2.75) is 12.8 Å². The second-order valence-corrected chi connectivity index (χ2v) is 4.61. The van der Waals surface area contributed by atoms with Gasteiger partial charge in [-0.3, -0.25) is 4.79 Å². The number of nitrogens with zero attached hydrogens (tertiary/aromatic N) is 2. The topological polar surface area (TPSA) is 32.8 Å². The maximum Gasteiger partial charge on any atom is 0.223 e. The van der Waals surface area contributed by atoms with Gasteiger partial charge in [0, 0.05) is 26.1 Å². The maximum absolute atomic E-state index is 11.9. The van der Waals surface area contributed by atoms with Gasteiger partial charge in [-0.15, -0.1) is 0 Å². The summed E-state index contributed by atoms with van der Waals surface area (Å²) in [5.74, 6) is 0.893. The number of hydrogen-bond acceptors (Lipinski definition) is 3. The van der Waals surface area contributed by atoms with Gasteiger partial charge in [-0.05, 0) is 25.9 Å². The van der Waals surface area contributed by atoms with Gasteiger partial charge in [-0.1, -0.05) is 0 Å². The van der Waals surface area contributed by atoms with Crippen molar-refractivity contribution in [3.63, 3.8) is 0 Å². The van der Waals surface area contributed by atoms with Crippen LogP contribution in [0, 0.1) is 5.92 Å². The summed E-state index contributed by atoms with van der Waals surface area (Å²) in [6.07, 6.45) is 1.90. The Morgan fingerprint density at radius 2 is 2.07 bits per heavy atom. The molecule has 0 aliphatic carbocycles. The number of hydrogen-bond donors (Lipinski definition) is 0. The van der Waals surface area contributed by atoms with E-state index in [1.54, 1.807) is 0 Å². The molecule has 2 rings (SSSR count). The van der Waals surface area contributed by atoms with E-state index in [1.165, 1.54) is 6.42 Å². The number of amides is 1. The Balaban J connectivity index is 1.76. The van der Waals surface area contributed by atoms with E-state index in [2.05, 4.69) is 11.9 Å². The van der Waals surface area contributed by atoms with Crippen molar-refractivity contribution in [1.82, 2.24) is 9.80 Å². The van der Waals surface area contributed by atoms with Crippen LogP contribution in [-0.2, 0) is 9.53 Å². The number of carbonyl (C=O) groups is 1. The zero-order valence-corrected chi connectivity index (χ0v) is 9.45. The molecule has 2 aliphatic rings. The lowest BCUT2D eigenvalue weighted by atomic mass is 10.0.